The minimum absolute atomic E-state index is 0. The molecule has 0 amide bonds. The summed E-state index contributed by atoms with van der Waals surface area (Å²) in [5, 5.41) is 3.28. The molecule has 1 saturated carbocycles. The van der Waals surface area contributed by atoms with E-state index in [0.717, 1.165) is 25.0 Å². The van der Waals surface area contributed by atoms with Crippen molar-refractivity contribution in [2.75, 3.05) is 40.4 Å². The van der Waals surface area contributed by atoms with Crippen molar-refractivity contribution in [2.45, 2.75) is 25.9 Å². The highest BCUT2D eigenvalue weighted by Gasteiger charge is 2.21. The summed E-state index contributed by atoms with van der Waals surface area (Å²) in [6.07, 6.45) is 2.56. The molecular formula is C18H29FIN3O2. The van der Waals surface area contributed by atoms with Crippen molar-refractivity contribution in [3.05, 3.63) is 30.1 Å². The van der Waals surface area contributed by atoms with Crippen LogP contribution >= 0.6 is 24.0 Å². The van der Waals surface area contributed by atoms with Gasteiger partial charge in [-0.1, -0.05) is 0 Å². The summed E-state index contributed by atoms with van der Waals surface area (Å²) in [4.78, 5) is 6.31. The summed E-state index contributed by atoms with van der Waals surface area (Å²) in [6.45, 7) is 4.94. The van der Waals surface area contributed by atoms with Gasteiger partial charge in [-0.15, -0.1) is 24.0 Å². The summed E-state index contributed by atoms with van der Waals surface area (Å²) in [5.74, 6) is 1.98. The van der Waals surface area contributed by atoms with Gasteiger partial charge in [-0.2, -0.15) is 0 Å². The number of halogens is 2. The van der Waals surface area contributed by atoms with E-state index >= 15 is 0 Å². The predicted molar refractivity (Wildman–Crippen MR) is 109 cm³/mol. The maximum atomic E-state index is 12.9. The van der Waals surface area contributed by atoms with Crippen LogP contribution in [0.15, 0.2) is 29.3 Å². The lowest BCUT2D eigenvalue weighted by Gasteiger charge is -2.24. The standard InChI is InChI=1S/C18H28FN3O2.HI/c1-14(24-17-8-6-16(19)7-9-17)12-21-18(20-2)22(3)10-11-23-13-15-4-5-15;/h6-9,14-15H,4-5,10-13H2,1-3H3,(H,20,21);1H. The van der Waals surface area contributed by atoms with Crippen molar-refractivity contribution in [3.63, 3.8) is 0 Å². The molecule has 0 aliphatic heterocycles. The average Bonchev–Trinajstić information content (AvgIpc) is 3.38. The molecule has 1 aromatic rings. The van der Waals surface area contributed by atoms with Crippen LogP contribution in [0, 0.1) is 11.7 Å². The number of aliphatic imine (C=N–C) groups is 1. The number of ether oxygens (including phenoxy) is 2. The van der Waals surface area contributed by atoms with E-state index in [0.29, 0.717) is 18.9 Å². The molecule has 142 valence electrons. The maximum absolute atomic E-state index is 12.9. The van der Waals surface area contributed by atoms with Gasteiger partial charge in [0, 0.05) is 27.2 Å². The Balaban J connectivity index is 0.00000312. The number of hydrogen-bond acceptors (Lipinski definition) is 3. The smallest absolute Gasteiger partial charge is 0.193 e. The highest BCUT2D eigenvalue weighted by atomic mass is 127. The van der Waals surface area contributed by atoms with Crippen molar-refractivity contribution in [1.82, 2.24) is 10.2 Å². The number of guanidine groups is 1. The lowest BCUT2D eigenvalue weighted by molar-refractivity contribution is 0.115. The van der Waals surface area contributed by atoms with Gasteiger partial charge in [0.1, 0.15) is 17.7 Å². The van der Waals surface area contributed by atoms with Gasteiger partial charge in [0.05, 0.1) is 13.2 Å². The van der Waals surface area contributed by atoms with Crippen LogP contribution in [-0.4, -0.2) is 57.4 Å². The van der Waals surface area contributed by atoms with Gasteiger partial charge in [0.2, 0.25) is 0 Å². The zero-order valence-electron chi connectivity index (χ0n) is 15.2. The number of rotatable bonds is 9. The summed E-state index contributed by atoms with van der Waals surface area (Å²) in [6, 6.07) is 6.04. The van der Waals surface area contributed by atoms with Gasteiger partial charge >= 0.3 is 0 Å². The number of nitrogens with one attached hydrogen (secondary N) is 1. The normalized spacial score (nSPS) is 15.3. The third-order valence-corrected chi connectivity index (χ3v) is 3.89. The molecule has 25 heavy (non-hydrogen) atoms. The van der Waals surface area contributed by atoms with Crippen molar-refractivity contribution >= 4 is 29.9 Å². The van der Waals surface area contributed by atoms with Gasteiger partial charge in [0.25, 0.3) is 0 Å². The van der Waals surface area contributed by atoms with Gasteiger partial charge in [-0.25, -0.2) is 4.39 Å². The Labute approximate surface area is 167 Å². The van der Waals surface area contributed by atoms with Crippen LogP contribution in [0.25, 0.3) is 0 Å². The zero-order chi connectivity index (χ0) is 17.4. The molecule has 0 aromatic heterocycles. The average molecular weight is 465 g/mol. The third-order valence-electron chi connectivity index (χ3n) is 3.89. The van der Waals surface area contributed by atoms with E-state index in [1.807, 2.05) is 18.9 Å². The fourth-order valence-electron chi connectivity index (χ4n) is 2.25. The fraction of sp³-hybridized carbons (Fsp3) is 0.611. The van der Waals surface area contributed by atoms with Crippen molar-refractivity contribution in [2.24, 2.45) is 10.9 Å². The summed E-state index contributed by atoms with van der Waals surface area (Å²) < 4.78 is 24.3. The Morgan fingerprint density at radius 3 is 2.64 bits per heavy atom. The third kappa shape index (κ3) is 8.71. The van der Waals surface area contributed by atoms with Crippen LogP contribution in [0.1, 0.15) is 19.8 Å². The van der Waals surface area contributed by atoms with E-state index in [-0.39, 0.29) is 35.9 Å². The molecule has 1 aliphatic rings. The van der Waals surface area contributed by atoms with Crippen LogP contribution in [0.5, 0.6) is 5.75 Å². The fourth-order valence-corrected chi connectivity index (χ4v) is 2.25. The van der Waals surface area contributed by atoms with Crippen LogP contribution < -0.4 is 10.1 Å². The molecule has 0 saturated heterocycles. The number of hydrogen-bond donors (Lipinski definition) is 1. The zero-order valence-corrected chi connectivity index (χ0v) is 17.5. The van der Waals surface area contributed by atoms with E-state index in [9.17, 15) is 4.39 Å². The SMILES string of the molecule is CN=C(NCC(C)Oc1ccc(F)cc1)N(C)CCOCC1CC1.I. The first-order valence-electron chi connectivity index (χ1n) is 8.50. The molecule has 1 unspecified atom stereocenters. The van der Waals surface area contributed by atoms with Crippen LogP contribution in [0.3, 0.4) is 0 Å². The second-order valence-corrected chi connectivity index (χ2v) is 6.25. The Morgan fingerprint density at radius 1 is 1.36 bits per heavy atom. The molecule has 0 radical (unpaired) electrons. The highest BCUT2D eigenvalue weighted by Crippen LogP contribution is 2.28. The van der Waals surface area contributed by atoms with E-state index in [1.54, 1.807) is 19.2 Å². The number of benzene rings is 1. The Morgan fingerprint density at radius 2 is 2.04 bits per heavy atom. The number of nitrogens with zero attached hydrogens (tertiary/aromatic N) is 2. The van der Waals surface area contributed by atoms with Gasteiger partial charge in [-0.3, -0.25) is 4.99 Å². The summed E-state index contributed by atoms with van der Waals surface area (Å²) >= 11 is 0. The van der Waals surface area contributed by atoms with Crippen LogP contribution in [0.2, 0.25) is 0 Å². The molecule has 1 atom stereocenters. The molecular weight excluding hydrogens is 436 g/mol. The van der Waals surface area contributed by atoms with E-state index in [1.165, 1.54) is 25.0 Å². The largest absolute Gasteiger partial charge is 0.489 e. The Kier molecular flexibility index (Phi) is 10.1. The molecule has 1 aromatic carbocycles. The molecule has 1 fully saturated rings. The van der Waals surface area contributed by atoms with Gasteiger partial charge in [0.15, 0.2) is 5.96 Å². The van der Waals surface area contributed by atoms with Crippen LogP contribution in [0.4, 0.5) is 4.39 Å². The first kappa shape index (κ1) is 22.0. The topological polar surface area (TPSA) is 46.1 Å². The molecule has 5 nitrogen and oxygen atoms in total. The van der Waals surface area contributed by atoms with Crippen LogP contribution in [-0.2, 0) is 4.74 Å². The lowest BCUT2D eigenvalue weighted by atomic mass is 10.3. The predicted octanol–water partition coefficient (Wildman–Crippen LogP) is 3.14. The first-order chi connectivity index (χ1) is 11.6. The van der Waals surface area contributed by atoms with Crippen molar-refractivity contribution in [1.29, 1.82) is 0 Å². The monoisotopic (exact) mass is 465 g/mol. The minimum atomic E-state index is -0.265. The summed E-state index contributed by atoms with van der Waals surface area (Å²) in [5.41, 5.74) is 0. The molecule has 7 heteroatoms. The minimum Gasteiger partial charge on any atom is -0.489 e. The number of likely N-dealkylation sites (N-methyl/N-ethyl adjacent to an activating group) is 1. The molecule has 2 rings (SSSR count). The molecule has 0 spiro atoms. The quantitative estimate of drug-likeness (QED) is 0.264. The van der Waals surface area contributed by atoms with Crippen molar-refractivity contribution < 1.29 is 13.9 Å². The highest BCUT2D eigenvalue weighted by molar-refractivity contribution is 14.0. The van der Waals surface area contributed by atoms with Crippen molar-refractivity contribution in [3.8, 4) is 5.75 Å². The molecule has 0 heterocycles. The maximum Gasteiger partial charge on any atom is 0.193 e. The van der Waals surface area contributed by atoms with E-state index in [4.69, 9.17) is 9.47 Å². The van der Waals surface area contributed by atoms with Gasteiger partial charge in [-0.05, 0) is 49.9 Å². The molecule has 1 aliphatic carbocycles. The second kappa shape index (κ2) is 11.5. The molecule has 1 N–H and O–H groups in total. The lowest BCUT2D eigenvalue weighted by Crippen LogP contribution is -2.44. The van der Waals surface area contributed by atoms with E-state index in [2.05, 4.69) is 10.3 Å². The van der Waals surface area contributed by atoms with Gasteiger partial charge < -0.3 is 19.7 Å². The Hall–Kier alpha value is -1.09. The molecule has 0 bridgehead atoms. The Bertz CT molecular complexity index is 524. The first-order valence-corrected chi connectivity index (χ1v) is 8.50. The summed E-state index contributed by atoms with van der Waals surface area (Å²) in [7, 11) is 3.75. The van der Waals surface area contributed by atoms with E-state index < -0.39 is 0 Å². The second-order valence-electron chi connectivity index (χ2n) is 6.25.